The van der Waals surface area contributed by atoms with Crippen molar-refractivity contribution in [2.24, 2.45) is 0 Å². The van der Waals surface area contributed by atoms with Crippen molar-refractivity contribution in [1.82, 2.24) is 9.21 Å². The Morgan fingerprint density at radius 1 is 1.15 bits per heavy atom. The lowest BCUT2D eigenvalue weighted by Gasteiger charge is -2.33. The molecular weight excluding hydrogens is 408 g/mol. The Bertz CT molecular complexity index is 805. The third-order valence-electron chi connectivity index (χ3n) is 4.27. The van der Waals surface area contributed by atoms with Crippen LogP contribution in [-0.4, -0.2) is 47.2 Å². The van der Waals surface area contributed by atoms with Crippen molar-refractivity contribution in [2.75, 3.05) is 37.2 Å². The van der Waals surface area contributed by atoms with E-state index in [0.717, 1.165) is 18.8 Å². The summed E-state index contributed by atoms with van der Waals surface area (Å²) in [5.74, 6) is 0.623. The fourth-order valence-corrected chi connectivity index (χ4v) is 4.45. The average molecular weight is 428 g/mol. The van der Waals surface area contributed by atoms with Crippen molar-refractivity contribution < 1.29 is 9.18 Å². The number of halogens is 3. The van der Waals surface area contributed by atoms with Crippen LogP contribution in [0.3, 0.4) is 0 Å². The molecule has 8 heteroatoms. The molecule has 0 radical (unpaired) electrons. The molecule has 1 N–H and O–H groups in total. The number of nitrogens with one attached hydrogen (secondary N) is 1. The number of nitrogens with zero attached hydrogens (tertiary/aromatic N) is 2. The van der Waals surface area contributed by atoms with E-state index in [1.54, 1.807) is 47.2 Å². The zero-order chi connectivity index (χ0) is 19.4. The Hall–Kier alpha value is -1.47. The van der Waals surface area contributed by atoms with Crippen molar-refractivity contribution in [1.29, 1.82) is 0 Å². The zero-order valence-electron chi connectivity index (χ0n) is 14.8. The van der Waals surface area contributed by atoms with E-state index in [0.29, 0.717) is 29.9 Å². The van der Waals surface area contributed by atoms with Gasteiger partial charge in [-0.1, -0.05) is 60.3 Å². The van der Waals surface area contributed by atoms with Crippen LogP contribution < -0.4 is 5.32 Å². The molecule has 1 aliphatic heterocycles. The monoisotopic (exact) mass is 427 g/mol. The average Bonchev–Trinajstić information content (AvgIpc) is 2.63. The number of hydrogen-bond acceptors (Lipinski definition) is 3. The van der Waals surface area contributed by atoms with Crippen LogP contribution in [-0.2, 0) is 0 Å². The lowest BCUT2D eigenvalue weighted by atomic mass is 10.0. The zero-order valence-corrected chi connectivity index (χ0v) is 17.2. The number of hydrogen-bond donors (Lipinski definition) is 1. The Kier molecular flexibility index (Phi) is 6.87. The maximum absolute atomic E-state index is 14.1. The van der Waals surface area contributed by atoms with Gasteiger partial charge in [-0.05, 0) is 18.2 Å². The minimum Gasteiger partial charge on any atom is -0.322 e. The third-order valence-corrected chi connectivity index (χ3v) is 5.86. The highest BCUT2D eigenvalue weighted by Crippen LogP contribution is 2.38. The molecule has 0 bridgehead atoms. The van der Waals surface area contributed by atoms with Crippen LogP contribution >= 0.6 is 35.1 Å². The Morgan fingerprint density at radius 3 is 2.37 bits per heavy atom. The van der Waals surface area contributed by atoms with E-state index in [1.165, 1.54) is 6.07 Å². The van der Waals surface area contributed by atoms with Gasteiger partial charge in [-0.25, -0.2) is 13.5 Å². The van der Waals surface area contributed by atoms with Crippen LogP contribution in [0.4, 0.5) is 14.9 Å². The second-order valence-corrected chi connectivity index (χ2v) is 8.23. The van der Waals surface area contributed by atoms with Gasteiger partial charge < -0.3 is 10.2 Å². The molecular formula is C19H20Cl2FN3OS. The molecule has 0 unspecified atom stereocenters. The smallest absolute Gasteiger partial charge is 0.321 e. The van der Waals surface area contributed by atoms with Crippen molar-refractivity contribution in [3.8, 4) is 11.1 Å². The number of piperazine rings is 1. The molecule has 0 saturated carbocycles. The molecule has 1 heterocycles. The molecule has 0 spiro atoms. The van der Waals surface area contributed by atoms with Crippen molar-refractivity contribution in [3.63, 3.8) is 0 Å². The number of amides is 2. The van der Waals surface area contributed by atoms with Crippen LogP contribution in [0.15, 0.2) is 36.4 Å². The highest BCUT2D eigenvalue weighted by atomic mass is 35.5. The van der Waals surface area contributed by atoms with E-state index in [9.17, 15) is 9.18 Å². The Morgan fingerprint density at radius 2 is 1.78 bits per heavy atom. The van der Waals surface area contributed by atoms with Crippen LogP contribution in [0.25, 0.3) is 11.1 Å². The van der Waals surface area contributed by atoms with Gasteiger partial charge in [0.05, 0.1) is 10.0 Å². The molecule has 2 aromatic carbocycles. The first-order valence-corrected chi connectivity index (χ1v) is 10.4. The van der Waals surface area contributed by atoms with Gasteiger partial charge in [0, 0.05) is 48.7 Å². The van der Waals surface area contributed by atoms with Gasteiger partial charge in [-0.2, -0.15) is 0 Å². The van der Waals surface area contributed by atoms with Crippen LogP contribution in [0.1, 0.15) is 6.92 Å². The summed E-state index contributed by atoms with van der Waals surface area (Å²) in [6.45, 7) is 5.10. The van der Waals surface area contributed by atoms with Crippen molar-refractivity contribution >= 4 is 46.9 Å². The van der Waals surface area contributed by atoms with E-state index >= 15 is 0 Å². The molecule has 3 rings (SSSR count). The van der Waals surface area contributed by atoms with E-state index in [-0.39, 0.29) is 16.1 Å². The molecule has 4 nitrogen and oxygen atoms in total. The molecule has 1 saturated heterocycles. The normalized spacial score (nSPS) is 15.0. The minimum atomic E-state index is -0.402. The largest absolute Gasteiger partial charge is 0.322 e. The van der Waals surface area contributed by atoms with Gasteiger partial charge in [0.25, 0.3) is 0 Å². The molecule has 2 aromatic rings. The first-order chi connectivity index (χ1) is 13.0. The molecule has 27 heavy (non-hydrogen) atoms. The quantitative estimate of drug-likeness (QED) is 0.643. The first-order valence-electron chi connectivity index (χ1n) is 8.67. The predicted molar refractivity (Wildman–Crippen MR) is 112 cm³/mol. The molecule has 2 amide bonds. The van der Waals surface area contributed by atoms with Crippen LogP contribution in [0.5, 0.6) is 0 Å². The van der Waals surface area contributed by atoms with Crippen LogP contribution in [0, 0.1) is 5.82 Å². The van der Waals surface area contributed by atoms with E-state index in [4.69, 9.17) is 23.2 Å². The number of carbonyl (C=O) groups is 1. The van der Waals surface area contributed by atoms with E-state index in [2.05, 4.69) is 16.5 Å². The summed E-state index contributed by atoms with van der Waals surface area (Å²) in [7, 11) is 0. The Balaban J connectivity index is 1.72. The topological polar surface area (TPSA) is 35.6 Å². The molecule has 0 aromatic heterocycles. The van der Waals surface area contributed by atoms with Crippen LogP contribution in [0.2, 0.25) is 10.0 Å². The summed E-state index contributed by atoms with van der Waals surface area (Å²) in [4.78, 5) is 14.3. The lowest BCUT2D eigenvalue weighted by molar-refractivity contribution is 0.188. The van der Waals surface area contributed by atoms with E-state index < -0.39 is 5.82 Å². The summed E-state index contributed by atoms with van der Waals surface area (Å²) < 4.78 is 16.3. The predicted octanol–water partition coefficient (Wildman–Crippen LogP) is 5.62. The molecule has 1 fully saturated rings. The summed E-state index contributed by atoms with van der Waals surface area (Å²) >= 11 is 14.5. The summed E-state index contributed by atoms with van der Waals surface area (Å²) in [6.07, 6.45) is 0. The summed E-state index contributed by atoms with van der Waals surface area (Å²) in [5.41, 5.74) is 1.23. The summed E-state index contributed by atoms with van der Waals surface area (Å²) in [5, 5.41) is 3.40. The van der Waals surface area contributed by atoms with Crippen molar-refractivity contribution in [3.05, 3.63) is 52.3 Å². The van der Waals surface area contributed by atoms with E-state index in [1.807, 2.05) is 0 Å². The van der Waals surface area contributed by atoms with Gasteiger partial charge in [0.15, 0.2) is 0 Å². The van der Waals surface area contributed by atoms with Gasteiger partial charge >= 0.3 is 6.03 Å². The fraction of sp³-hybridized carbons (Fsp3) is 0.316. The first kappa shape index (κ1) is 20.3. The number of carbonyl (C=O) groups excluding carboxylic acids is 1. The number of benzene rings is 2. The SMILES string of the molecule is CCSN1CCN(C(=O)Nc2cc(Cl)c(-c3ccccc3F)c(Cl)c2)CC1. The maximum Gasteiger partial charge on any atom is 0.321 e. The lowest BCUT2D eigenvalue weighted by Crippen LogP contribution is -2.47. The van der Waals surface area contributed by atoms with Gasteiger partial charge in [-0.3, -0.25) is 0 Å². The van der Waals surface area contributed by atoms with Gasteiger partial charge in [0.1, 0.15) is 5.82 Å². The number of rotatable bonds is 4. The Labute approximate surface area is 172 Å². The second-order valence-electron chi connectivity index (χ2n) is 6.06. The molecule has 144 valence electrons. The van der Waals surface area contributed by atoms with Crippen molar-refractivity contribution in [2.45, 2.75) is 6.92 Å². The summed E-state index contributed by atoms with van der Waals surface area (Å²) in [6, 6.07) is 9.29. The molecule has 0 atom stereocenters. The maximum atomic E-state index is 14.1. The van der Waals surface area contributed by atoms with Gasteiger partial charge in [-0.15, -0.1) is 0 Å². The number of anilines is 1. The molecule has 0 aliphatic carbocycles. The third kappa shape index (κ3) is 4.88. The number of urea groups is 1. The standard InChI is InChI=1S/C19H20Cl2FN3OS/c1-2-27-25-9-7-24(8-10-25)19(26)23-13-11-15(20)18(16(21)12-13)14-5-3-4-6-17(14)22/h3-6,11-12H,2,7-10H2,1H3,(H,23,26). The minimum absolute atomic E-state index is 0.193. The highest BCUT2D eigenvalue weighted by Gasteiger charge is 2.22. The molecule has 1 aliphatic rings. The highest BCUT2D eigenvalue weighted by molar-refractivity contribution is 7.96. The van der Waals surface area contributed by atoms with Gasteiger partial charge in [0.2, 0.25) is 0 Å². The second kappa shape index (κ2) is 9.15. The fourth-order valence-electron chi connectivity index (χ4n) is 2.97.